The van der Waals surface area contributed by atoms with E-state index in [0.717, 1.165) is 22.1 Å². The van der Waals surface area contributed by atoms with Crippen LogP contribution in [0.5, 0.6) is 11.5 Å². The van der Waals surface area contributed by atoms with E-state index in [-0.39, 0.29) is 11.7 Å². The van der Waals surface area contributed by atoms with Gasteiger partial charge < -0.3 is 14.4 Å². The first-order valence-electron chi connectivity index (χ1n) is 9.00. The van der Waals surface area contributed by atoms with E-state index in [1.807, 2.05) is 36.4 Å². The Morgan fingerprint density at radius 1 is 1.07 bits per heavy atom. The molecule has 0 radical (unpaired) electrons. The van der Waals surface area contributed by atoms with Gasteiger partial charge in [-0.25, -0.2) is 0 Å². The van der Waals surface area contributed by atoms with Crippen LogP contribution in [0.2, 0.25) is 0 Å². The van der Waals surface area contributed by atoms with Gasteiger partial charge in [0.2, 0.25) is 5.91 Å². The predicted molar refractivity (Wildman–Crippen MR) is 109 cm³/mol. The van der Waals surface area contributed by atoms with E-state index in [0.29, 0.717) is 12.1 Å². The van der Waals surface area contributed by atoms with E-state index in [9.17, 15) is 13.6 Å². The molecular weight excluding hydrogens is 376 g/mol. The van der Waals surface area contributed by atoms with Crippen molar-refractivity contribution in [2.24, 2.45) is 0 Å². The van der Waals surface area contributed by atoms with Gasteiger partial charge in [0.05, 0.1) is 7.11 Å². The van der Waals surface area contributed by atoms with Crippen molar-refractivity contribution in [2.45, 2.75) is 13.2 Å². The summed E-state index contributed by atoms with van der Waals surface area (Å²) >= 11 is 0. The number of carbonyl (C=O) groups excluding carboxylic acids is 1. The highest BCUT2D eigenvalue weighted by molar-refractivity contribution is 5.92. The maximum atomic E-state index is 12.5. The third-order valence-electron chi connectivity index (χ3n) is 4.45. The summed E-state index contributed by atoms with van der Waals surface area (Å²) in [5, 5.41) is 2.11. The van der Waals surface area contributed by atoms with E-state index in [1.165, 1.54) is 18.2 Å². The van der Waals surface area contributed by atoms with E-state index in [1.54, 1.807) is 37.3 Å². The molecule has 0 N–H and O–H groups in total. The summed E-state index contributed by atoms with van der Waals surface area (Å²) in [6.45, 7) is -2.50. The number of alkyl halides is 2. The van der Waals surface area contributed by atoms with Crippen LogP contribution in [0.1, 0.15) is 11.1 Å². The lowest BCUT2D eigenvalue weighted by atomic mass is 10.1. The molecule has 0 saturated heterocycles. The SMILES string of the molecule is COc1ccc2cc(CN(C)C(=O)/C=C/c3ccccc3OC(F)F)ccc2c1. The number of hydrogen-bond donors (Lipinski definition) is 0. The number of carbonyl (C=O) groups is 1. The first kappa shape index (κ1) is 20.3. The molecule has 0 aliphatic carbocycles. The van der Waals surface area contributed by atoms with Crippen LogP contribution in [0.25, 0.3) is 16.8 Å². The molecule has 3 aromatic carbocycles. The zero-order valence-electron chi connectivity index (χ0n) is 16.1. The summed E-state index contributed by atoms with van der Waals surface area (Å²) in [5.74, 6) is 0.574. The number of nitrogens with zero attached hydrogens (tertiary/aromatic N) is 1. The number of para-hydroxylation sites is 1. The topological polar surface area (TPSA) is 38.8 Å². The highest BCUT2D eigenvalue weighted by atomic mass is 19.3. The number of hydrogen-bond acceptors (Lipinski definition) is 3. The monoisotopic (exact) mass is 397 g/mol. The Labute approximate surface area is 168 Å². The van der Waals surface area contributed by atoms with Gasteiger partial charge in [0.1, 0.15) is 11.5 Å². The van der Waals surface area contributed by atoms with E-state index >= 15 is 0 Å². The molecule has 0 fully saturated rings. The predicted octanol–water partition coefficient (Wildman–Crippen LogP) is 5.12. The lowest BCUT2D eigenvalue weighted by Gasteiger charge is -2.16. The molecule has 0 saturated carbocycles. The number of ether oxygens (including phenoxy) is 2. The zero-order valence-corrected chi connectivity index (χ0v) is 16.1. The number of likely N-dealkylation sites (N-methyl/N-ethyl adjacent to an activating group) is 1. The van der Waals surface area contributed by atoms with Gasteiger partial charge in [-0.3, -0.25) is 4.79 Å². The number of methoxy groups -OCH3 is 1. The van der Waals surface area contributed by atoms with Crippen molar-refractivity contribution in [3.8, 4) is 11.5 Å². The van der Waals surface area contributed by atoms with Crippen molar-refractivity contribution in [3.05, 3.63) is 77.9 Å². The first-order valence-corrected chi connectivity index (χ1v) is 9.00. The summed E-state index contributed by atoms with van der Waals surface area (Å²) in [4.78, 5) is 14.0. The van der Waals surface area contributed by atoms with Crippen molar-refractivity contribution >= 4 is 22.8 Å². The van der Waals surface area contributed by atoms with Crippen LogP contribution >= 0.6 is 0 Å². The van der Waals surface area contributed by atoms with Gasteiger partial charge in [-0.15, -0.1) is 0 Å². The molecular formula is C23H21F2NO3. The molecule has 0 aliphatic rings. The third-order valence-corrected chi connectivity index (χ3v) is 4.45. The summed E-state index contributed by atoms with van der Waals surface area (Å²) in [6, 6.07) is 18.1. The largest absolute Gasteiger partial charge is 0.497 e. The normalized spacial score (nSPS) is 11.2. The van der Waals surface area contributed by atoms with E-state index in [4.69, 9.17) is 4.74 Å². The Morgan fingerprint density at radius 2 is 1.79 bits per heavy atom. The Balaban J connectivity index is 1.69. The van der Waals surface area contributed by atoms with Crippen LogP contribution in [0.3, 0.4) is 0 Å². The molecule has 4 nitrogen and oxygen atoms in total. The second-order valence-corrected chi connectivity index (χ2v) is 6.49. The zero-order chi connectivity index (χ0) is 20.8. The van der Waals surface area contributed by atoms with Gasteiger partial charge in [-0.2, -0.15) is 8.78 Å². The standard InChI is InChI=1S/C23H21F2NO3/c1-26(15-16-7-8-19-14-20(28-2)11-9-18(19)13-16)22(27)12-10-17-5-3-4-6-21(17)29-23(24)25/h3-14,23H,15H2,1-2H3/b12-10+. The molecule has 0 spiro atoms. The molecule has 0 unspecified atom stereocenters. The van der Waals surface area contributed by atoms with Crippen LogP contribution in [0.4, 0.5) is 8.78 Å². The lowest BCUT2D eigenvalue weighted by Crippen LogP contribution is -2.24. The number of halogens is 2. The van der Waals surface area contributed by atoms with Gasteiger partial charge in [0, 0.05) is 25.2 Å². The molecule has 0 heterocycles. The quantitative estimate of drug-likeness (QED) is 0.520. The van der Waals surface area contributed by atoms with Crippen LogP contribution < -0.4 is 9.47 Å². The minimum absolute atomic E-state index is 0.0270. The third kappa shape index (κ3) is 5.31. The number of fused-ring (bicyclic) bond motifs is 1. The summed E-state index contributed by atoms with van der Waals surface area (Å²) in [7, 11) is 3.31. The molecule has 3 rings (SSSR count). The minimum Gasteiger partial charge on any atom is -0.497 e. The average Bonchev–Trinajstić information content (AvgIpc) is 2.72. The second-order valence-electron chi connectivity index (χ2n) is 6.49. The molecule has 0 bridgehead atoms. The highest BCUT2D eigenvalue weighted by Gasteiger charge is 2.10. The molecule has 0 aliphatic heterocycles. The summed E-state index contributed by atoms with van der Waals surface area (Å²) in [5.41, 5.74) is 1.39. The number of amides is 1. The first-order chi connectivity index (χ1) is 14.0. The number of rotatable bonds is 7. The highest BCUT2D eigenvalue weighted by Crippen LogP contribution is 2.23. The van der Waals surface area contributed by atoms with Crippen molar-refractivity contribution in [1.29, 1.82) is 0 Å². The van der Waals surface area contributed by atoms with Crippen LogP contribution in [0.15, 0.2) is 66.7 Å². The van der Waals surface area contributed by atoms with Crippen LogP contribution in [0, 0.1) is 0 Å². The van der Waals surface area contributed by atoms with Crippen molar-refractivity contribution in [2.75, 3.05) is 14.2 Å². The molecule has 3 aromatic rings. The fourth-order valence-corrected chi connectivity index (χ4v) is 2.96. The van der Waals surface area contributed by atoms with E-state index < -0.39 is 6.61 Å². The van der Waals surface area contributed by atoms with Gasteiger partial charge in [0.25, 0.3) is 0 Å². The van der Waals surface area contributed by atoms with E-state index in [2.05, 4.69) is 4.74 Å². The van der Waals surface area contributed by atoms with Gasteiger partial charge >= 0.3 is 6.61 Å². The lowest BCUT2D eigenvalue weighted by molar-refractivity contribution is -0.125. The average molecular weight is 397 g/mol. The molecule has 1 amide bonds. The van der Waals surface area contributed by atoms with Crippen LogP contribution in [-0.2, 0) is 11.3 Å². The van der Waals surface area contributed by atoms with Gasteiger partial charge in [-0.1, -0.05) is 36.4 Å². The maximum absolute atomic E-state index is 12.5. The summed E-state index contributed by atoms with van der Waals surface area (Å²) < 4.78 is 34.7. The molecule has 0 atom stereocenters. The number of benzene rings is 3. The van der Waals surface area contributed by atoms with Crippen molar-refractivity contribution in [1.82, 2.24) is 4.90 Å². The molecule has 29 heavy (non-hydrogen) atoms. The van der Waals surface area contributed by atoms with Gasteiger partial charge in [-0.05, 0) is 46.7 Å². The smallest absolute Gasteiger partial charge is 0.387 e. The Kier molecular flexibility index (Phi) is 6.44. The minimum atomic E-state index is -2.92. The van der Waals surface area contributed by atoms with Gasteiger partial charge in [0.15, 0.2) is 0 Å². The molecule has 150 valence electrons. The van der Waals surface area contributed by atoms with Crippen molar-refractivity contribution < 1.29 is 23.0 Å². The Bertz CT molecular complexity index is 1030. The van der Waals surface area contributed by atoms with Crippen molar-refractivity contribution in [3.63, 3.8) is 0 Å². The molecule has 0 aromatic heterocycles. The molecule has 6 heteroatoms. The maximum Gasteiger partial charge on any atom is 0.387 e. The second kappa shape index (κ2) is 9.19. The van der Waals surface area contributed by atoms with Crippen LogP contribution in [-0.4, -0.2) is 31.6 Å². The summed E-state index contributed by atoms with van der Waals surface area (Å²) in [6.07, 6.45) is 2.82. The Hall–Kier alpha value is -3.41. The fourth-order valence-electron chi connectivity index (χ4n) is 2.96. The Morgan fingerprint density at radius 3 is 2.55 bits per heavy atom. The fraction of sp³-hybridized carbons (Fsp3) is 0.174.